The van der Waals surface area contributed by atoms with Gasteiger partial charge in [-0.1, -0.05) is 6.92 Å². The Morgan fingerprint density at radius 3 is 2.65 bits per heavy atom. The number of hydrogen-bond acceptors (Lipinski definition) is 4. The van der Waals surface area contributed by atoms with Crippen LogP contribution in [0.25, 0.3) is 0 Å². The monoisotopic (exact) mass is 243 g/mol. The number of likely N-dealkylation sites (tertiary alicyclic amines) is 1. The Morgan fingerprint density at radius 2 is 2.18 bits per heavy atom. The zero-order valence-electron chi connectivity index (χ0n) is 11.4. The number of carbonyl (C=O) groups is 1. The number of rotatable bonds is 3. The average molecular weight is 243 g/mol. The van der Waals surface area contributed by atoms with Crippen molar-refractivity contribution in [2.45, 2.75) is 45.3 Å². The summed E-state index contributed by atoms with van der Waals surface area (Å²) in [7, 11) is 0. The number of amides is 1. The quantitative estimate of drug-likeness (QED) is 0.774. The number of carbonyl (C=O) groups excluding carboxylic acids is 1. The standard InChI is InChI=1S/C12H25N3O2/c1-5-14-12(8-13)6-7-15(9-12)10(16)17-11(2,3)4/h14H,5-9,13H2,1-4H3. The summed E-state index contributed by atoms with van der Waals surface area (Å²) in [6.45, 7) is 10.4. The molecule has 0 aromatic rings. The van der Waals surface area contributed by atoms with E-state index in [9.17, 15) is 4.79 Å². The van der Waals surface area contributed by atoms with Gasteiger partial charge in [-0.25, -0.2) is 4.79 Å². The van der Waals surface area contributed by atoms with Gasteiger partial charge in [0.25, 0.3) is 0 Å². The molecule has 0 aromatic heterocycles. The third-order valence-corrected chi connectivity index (χ3v) is 2.95. The van der Waals surface area contributed by atoms with Crippen LogP contribution in [0.1, 0.15) is 34.1 Å². The van der Waals surface area contributed by atoms with Gasteiger partial charge in [0, 0.05) is 19.6 Å². The first-order valence-corrected chi connectivity index (χ1v) is 6.25. The molecule has 1 fully saturated rings. The van der Waals surface area contributed by atoms with E-state index < -0.39 is 5.60 Å². The fraction of sp³-hybridized carbons (Fsp3) is 0.917. The molecule has 1 atom stereocenters. The van der Waals surface area contributed by atoms with E-state index in [1.807, 2.05) is 27.7 Å². The van der Waals surface area contributed by atoms with Crippen molar-refractivity contribution < 1.29 is 9.53 Å². The lowest BCUT2D eigenvalue weighted by molar-refractivity contribution is 0.0281. The highest BCUT2D eigenvalue weighted by Gasteiger charge is 2.39. The Hall–Kier alpha value is -0.810. The summed E-state index contributed by atoms with van der Waals surface area (Å²) in [6.07, 6.45) is 0.641. The number of nitrogens with one attached hydrogen (secondary N) is 1. The van der Waals surface area contributed by atoms with Crippen molar-refractivity contribution in [1.29, 1.82) is 0 Å². The second kappa shape index (κ2) is 5.23. The molecule has 0 aromatic carbocycles. The molecule has 1 heterocycles. The Bertz CT molecular complexity index is 275. The van der Waals surface area contributed by atoms with Gasteiger partial charge in [0.05, 0.1) is 5.54 Å². The van der Waals surface area contributed by atoms with Gasteiger partial charge in [0.2, 0.25) is 0 Å². The lowest BCUT2D eigenvalue weighted by Crippen LogP contribution is -2.53. The van der Waals surface area contributed by atoms with Crippen LogP contribution in [0.5, 0.6) is 0 Å². The van der Waals surface area contributed by atoms with E-state index in [-0.39, 0.29) is 11.6 Å². The van der Waals surface area contributed by atoms with Crippen molar-refractivity contribution in [2.24, 2.45) is 5.73 Å². The smallest absolute Gasteiger partial charge is 0.410 e. The lowest BCUT2D eigenvalue weighted by Gasteiger charge is -2.29. The molecule has 1 aliphatic rings. The van der Waals surface area contributed by atoms with Gasteiger partial charge in [0.15, 0.2) is 0 Å². The van der Waals surface area contributed by atoms with Crippen molar-refractivity contribution in [3.05, 3.63) is 0 Å². The van der Waals surface area contributed by atoms with Crippen molar-refractivity contribution >= 4 is 6.09 Å². The van der Waals surface area contributed by atoms with Crippen LogP contribution in [0.2, 0.25) is 0 Å². The molecule has 17 heavy (non-hydrogen) atoms. The fourth-order valence-electron chi connectivity index (χ4n) is 2.11. The molecule has 1 saturated heterocycles. The molecule has 0 spiro atoms. The van der Waals surface area contributed by atoms with Crippen LogP contribution in [0, 0.1) is 0 Å². The molecule has 0 bridgehead atoms. The first kappa shape index (κ1) is 14.3. The first-order valence-electron chi connectivity index (χ1n) is 6.25. The van der Waals surface area contributed by atoms with E-state index >= 15 is 0 Å². The summed E-state index contributed by atoms with van der Waals surface area (Å²) < 4.78 is 5.36. The summed E-state index contributed by atoms with van der Waals surface area (Å²) in [6, 6.07) is 0. The molecule has 5 nitrogen and oxygen atoms in total. The SMILES string of the molecule is CCNC1(CN)CCN(C(=O)OC(C)(C)C)C1. The molecule has 100 valence electrons. The van der Waals surface area contributed by atoms with Crippen LogP contribution >= 0.6 is 0 Å². The molecule has 0 aliphatic carbocycles. The third kappa shape index (κ3) is 3.85. The minimum Gasteiger partial charge on any atom is -0.444 e. The Balaban J connectivity index is 2.57. The van der Waals surface area contributed by atoms with Gasteiger partial charge >= 0.3 is 6.09 Å². The number of ether oxygens (including phenoxy) is 1. The number of likely N-dealkylation sites (N-methyl/N-ethyl adjacent to an activating group) is 1. The fourth-order valence-corrected chi connectivity index (χ4v) is 2.11. The maximum atomic E-state index is 11.9. The van der Waals surface area contributed by atoms with Gasteiger partial charge < -0.3 is 20.7 Å². The second-order valence-electron chi connectivity index (χ2n) is 5.67. The average Bonchev–Trinajstić information content (AvgIpc) is 2.61. The largest absolute Gasteiger partial charge is 0.444 e. The Kier molecular flexibility index (Phi) is 4.38. The number of nitrogens with zero attached hydrogens (tertiary/aromatic N) is 1. The van der Waals surface area contributed by atoms with Crippen LogP contribution in [-0.2, 0) is 4.74 Å². The maximum absolute atomic E-state index is 11.9. The van der Waals surface area contributed by atoms with E-state index in [2.05, 4.69) is 5.32 Å². The van der Waals surface area contributed by atoms with E-state index in [0.29, 0.717) is 19.6 Å². The van der Waals surface area contributed by atoms with Crippen molar-refractivity contribution in [1.82, 2.24) is 10.2 Å². The lowest BCUT2D eigenvalue weighted by atomic mass is 9.99. The molecule has 3 N–H and O–H groups in total. The van der Waals surface area contributed by atoms with Gasteiger partial charge in [-0.3, -0.25) is 0 Å². The van der Waals surface area contributed by atoms with Crippen LogP contribution in [0.4, 0.5) is 4.79 Å². The summed E-state index contributed by atoms with van der Waals surface area (Å²) in [5.41, 5.74) is 5.23. The molecule has 0 radical (unpaired) electrons. The zero-order valence-corrected chi connectivity index (χ0v) is 11.4. The topological polar surface area (TPSA) is 67.6 Å². The molecule has 1 aliphatic heterocycles. The predicted molar refractivity (Wildman–Crippen MR) is 67.9 cm³/mol. The second-order valence-corrected chi connectivity index (χ2v) is 5.67. The predicted octanol–water partition coefficient (Wildman–Crippen LogP) is 0.934. The van der Waals surface area contributed by atoms with Crippen LogP contribution in [0.15, 0.2) is 0 Å². The molecular formula is C12H25N3O2. The maximum Gasteiger partial charge on any atom is 0.410 e. The van der Waals surface area contributed by atoms with Gasteiger partial charge in [0.1, 0.15) is 5.60 Å². The number of hydrogen-bond donors (Lipinski definition) is 2. The Morgan fingerprint density at radius 1 is 1.53 bits per heavy atom. The molecule has 1 rings (SSSR count). The highest BCUT2D eigenvalue weighted by atomic mass is 16.6. The van der Waals surface area contributed by atoms with Crippen LogP contribution in [-0.4, -0.2) is 48.3 Å². The highest BCUT2D eigenvalue weighted by Crippen LogP contribution is 2.22. The first-order chi connectivity index (χ1) is 7.82. The van der Waals surface area contributed by atoms with E-state index in [0.717, 1.165) is 13.0 Å². The van der Waals surface area contributed by atoms with Crippen LogP contribution in [0.3, 0.4) is 0 Å². The van der Waals surface area contributed by atoms with Gasteiger partial charge in [-0.15, -0.1) is 0 Å². The zero-order chi connectivity index (χ0) is 13.1. The van der Waals surface area contributed by atoms with Crippen molar-refractivity contribution in [2.75, 3.05) is 26.2 Å². The summed E-state index contributed by atoms with van der Waals surface area (Å²) in [5, 5.41) is 3.38. The number of nitrogens with two attached hydrogens (primary N) is 1. The van der Waals surface area contributed by atoms with Crippen molar-refractivity contribution in [3.8, 4) is 0 Å². The third-order valence-electron chi connectivity index (χ3n) is 2.95. The van der Waals surface area contributed by atoms with E-state index in [1.54, 1.807) is 4.90 Å². The Labute approximate surface area is 104 Å². The summed E-state index contributed by atoms with van der Waals surface area (Å²) in [5.74, 6) is 0. The molecule has 0 saturated carbocycles. The normalized spacial score (nSPS) is 25.1. The van der Waals surface area contributed by atoms with E-state index in [4.69, 9.17) is 10.5 Å². The molecule has 1 unspecified atom stereocenters. The van der Waals surface area contributed by atoms with Gasteiger partial charge in [-0.2, -0.15) is 0 Å². The highest BCUT2D eigenvalue weighted by molar-refractivity contribution is 5.68. The van der Waals surface area contributed by atoms with Crippen molar-refractivity contribution in [3.63, 3.8) is 0 Å². The summed E-state index contributed by atoms with van der Waals surface area (Å²) in [4.78, 5) is 13.6. The molecule has 1 amide bonds. The van der Waals surface area contributed by atoms with Crippen LogP contribution < -0.4 is 11.1 Å². The molecular weight excluding hydrogens is 218 g/mol. The molecule has 5 heteroatoms. The minimum atomic E-state index is -0.441. The minimum absolute atomic E-state index is 0.133. The van der Waals surface area contributed by atoms with E-state index in [1.165, 1.54) is 0 Å². The summed E-state index contributed by atoms with van der Waals surface area (Å²) >= 11 is 0. The van der Waals surface area contributed by atoms with Gasteiger partial charge in [-0.05, 0) is 33.7 Å².